The van der Waals surface area contributed by atoms with Crippen LogP contribution < -0.4 is 10.6 Å². The van der Waals surface area contributed by atoms with Gasteiger partial charge >= 0.3 is 0 Å². The molecule has 0 radical (unpaired) electrons. The Morgan fingerprint density at radius 2 is 2.00 bits per heavy atom. The largest absolute Gasteiger partial charge is 0.353 e. The second-order valence-electron chi connectivity index (χ2n) is 6.81. The van der Waals surface area contributed by atoms with Gasteiger partial charge in [0.1, 0.15) is 0 Å². The molecule has 2 aliphatic rings. The summed E-state index contributed by atoms with van der Waals surface area (Å²) in [5, 5.41) is 6.66. The van der Waals surface area contributed by atoms with Gasteiger partial charge in [0, 0.05) is 12.5 Å². The number of carbonyl (C=O) groups excluding carboxylic acids is 1. The van der Waals surface area contributed by atoms with E-state index >= 15 is 0 Å². The van der Waals surface area contributed by atoms with E-state index in [1.165, 1.54) is 38.5 Å². The van der Waals surface area contributed by atoms with Crippen LogP contribution in [-0.2, 0) is 4.79 Å². The summed E-state index contributed by atoms with van der Waals surface area (Å²) in [6.45, 7) is 6.79. The topological polar surface area (TPSA) is 41.1 Å². The number of piperidine rings is 1. The van der Waals surface area contributed by atoms with Crippen LogP contribution in [0.15, 0.2) is 0 Å². The van der Waals surface area contributed by atoms with Crippen molar-refractivity contribution in [2.45, 2.75) is 64.8 Å². The van der Waals surface area contributed by atoms with E-state index in [4.69, 9.17) is 0 Å². The zero-order valence-corrected chi connectivity index (χ0v) is 12.6. The number of rotatable bonds is 4. The van der Waals surface area contributed by atoms with E-state index in [1.54, 1.807) is 0 Å². The minimum atomic E-state index is 0.283. The van der Waals surface area contributed by atoms with Gasteiger partial charge in [-0.05, 0) is 56.5 Å². The summed E-state index contributed by atoms with van der Waals surface area (Å²) in [5.41, 5.74) is 0. The smallest absolute Gasteiger partial charge is 0.220 e. The normalized spacial score (nSPS) is 30.8. The summed E-state index contributed by atoms with van der Waals surface area (Å²) < 4.78 is 0. The van der Waals surface area contributed by atoms with Crippen molar-refractivity contribution in [2.75, 3.05) is 13.1 Å². The van der Waals surface area contributed by atoms with E-state index in [2.05, 4.69) is 24.5 Å². The van der Waals surface area contributed by atoms with Crippen LogP contribution in [0.5, 0.6) is 0 Å². The van der Waals surface area contributed by atoms with Crippen molar-refractivity contribution in [3.05, 3.63) is 0 Å². The molecule has 1 amide bonds. The van der Waals surface area contributed by atoms with Gasteiger partial charge in [-0.3, -0.25) is 4.79 Å². The molecule has 2 rings (SSSR count). The molecule has 1 saturated heterocycles. The lowest BCUT2D eigenvalue weighted by Crippen LogP contribution is -2.39. The van der Waals surface area contributed by atoms with Gasteiger partial charge in [-0.1, -0.05) is 26.7 Å². The molecule has 2 fully saturated rings. The lowest BCUT2D eigenvalue weighted by molar-refractivity contribution is -0.123. The molecule has 2 N–H and O–H groups in total. The van der Waals surface area contributed by atoms with E-state index in [-0.39, 0.29) is 5.91 Å². The highest BCUT2D eigenvalue weighted by Crippen LogP contribution is 2.26. The number of hydrogen-bond donors (Lipinski definition) is 2. The van der Waals surface area contributed by atoms with Crippen LogP contribution in [0.25, 0.3) is 0 Å². The molecule has 3 heteroatoms. The lowest BCUT2D eigenvalue weighted by Gasteiger charge is -2.30. The Morgan fingerprint density at radius 3 is 2.68 bits per heavy atom. The highest BCUT2D eigenvalue weighted by molar-refractivity contribution is 5.76. The lowest BCUT2D eigenvalue weighted by atomic mass is 9.83. The number of hydrogen-bond acceptors (Lipinski definition) is 2. The molecule has 3 nitrogen and oxygen atoms in total. The van der Waals surface area contributed by atoms with Gasteiger partial charge in [0.2, 0.25) is 5.91 Å². The average Bonchev–Trinajstić information content (AvgIpc) is 2.39. The summed E-state index contributed by atoms with van der Waals surface area (Å²) in [4.78, 5) is 12.1. The minimum absolute atomic E-state index is 0.283. The van der Waals surface area contributed by atoms with Crippen molar-refractivity contribution in [3.8, 4) is 0 Å². The Labute approximate surface area is 117 Å². The molecule has 1 heterocycles. The molecule has 0 spiro atoms. The zero-order valence-electron chi connectivity index (χ0n) is 12.6. The monoisotopic (exact) mass is 266 g/mol. The molecular formula is C16H30N2O. The van der Waals surface area contributed by atoms with E-state index in [0.717, 1.165) is 31.3 Å². The maximum atomic E-state index is 12.1. The van der Waals surface area contributed by atoms with E-state index in [9.17, 15) is 4.79 Å². The van der Waals surface area contributed by atoms with Gasteiger partial charge in [0.15, 0.2) is 0 Å². The van der Waals surface area contributed by atoms with E-state index < -0.39 is 0 Å². The fourth-order valence-electron chi connectivity index (χ4n) is 3.72. The minimum Gasteiger partial charge on any atom is -0.353 e. The molecule has 0 bridgehead atoms. The molecule has 3 atom stereocenters. The van der Waals surface area contributed by atoms with Crippen LogP contribution in [0.1, 0.15) is 58.8 Å². The van der Waals surface area contributed by atoms with Crippen LogP contribution in [0.4, 0.5) is 0 Å². The zero-order chi connectivity index (χ0) is 13.7. The first-order valence-electron chi connectivity index (χ1n) is 8.15. The van der Waals surface area contributed by atoms with Crippen LogP contribution in [0, 0.1) is 17.8 Å². The summed E-state index contributed by atoms with van der Waals surface area (Å²) in [6.07, 6.45) is 8.14. The van der Waals surface area contributed by atoms with Gasteiger partial charge in [-0.25, -0.2) is 0 Å². The third-order valence-electron chi connectivity index (χ3n) is 5.00. The van der Waals surface area contributed by atoms with Gasteiger partial charge in [0.05, 0.1) is 0 Å². The molecule has 19 heavy (non-hydrogen) atoms. The Hall–Kier alpha value is -0.570. The Balaban J connectivity index is 1.70. The predicted molar refractivity (Wildman–Crippen MR) is 78.9 cm³/mol. The molecule has 0 aromatic heterocycles. The second kappa shape index (κ2) is 7.28. The number of amides is 1. The first-order chi connectivity index (χ1) is 9.15. The highest BCUT2D eigenvalue weighted by atomic mass is 16.1. The second-order valence-corrected chi connectivity index (χ2v) is 6.81. The fraction of sp³-hybridized carbons (Fsp3) is 0.938. The summed E-state index contributed by atoms with van der Waals surface area (Å²) in [6, 6.07) is 0.441. The first-order valence-corrected chi connectivity index (χ1v) is 8.15. The molecule has 0 aromatic carbocycles. The maximum Gasteiger partial charge on any atom is 0.220 e. The van der Waals surface area contributed by atoms with E-state index in [1.807, 2.05) is 0 Å². The van der Waals surface area contributed by atoms with Crippen molar-refractivity contribution < 1.29 is 4.79 Å². The fourth-order valence-corrected chi connectivity index (χ4v) is 3.72. The quantitative estimate of drug-likeness (QED) is 0.821. The number of carbonyl (C=O) groups is 1. The predicted octanol–water partition coefficient (Wildman–Crippen LogP) is 2.71. The molecule has 110 valence electrons. The SMILES string of the molecule is CC1CCCC(NC(=O)CC(C)C2CCNCC2)C1. The van der Waals surface area contributed by atoms with Gasteiger partial charge in [0.25, 0.3) is 0 Å². The van der Waals surface area contributed by atoms with Crippen LogP contribution >= 0.6 is 0 Å². The molecule has 0 aromatic rings. The molecule has 3 unspecified atom stereocenters. The van der Waals surface area contributed by atoms with Crippen molar-refractivity contribution >= 4 is 5.91 Å². The Morgan fingerprint density at radius 1 is 1.26 bits per heavy atom. The molecule has 1 aliphatic heterocycles. The summed E-state index contributed by atoms with van der Waals surface area (Å²) >= 11 is 0. The van der Waals surface area contributed by atoms with Crippen LogP contribution in [-0.4, -0.2) is 25.0 Å². The average molecular weight is 266 g/mol. The van der Waals surface area contributed by atoms with Crippen molar-refractivity contribution in [3.63, 3.8) is 0 Å². The van der Waals surface area contributed by atoms with Gasteiger partial charge < -0.3 is 10.6 Å². The summed E-state index contributed by atoms with van der Waals surface area (Å²) in [5.74, 6) is 2.33. The molecule has 1 aliphatic carbocycles. The van der Waals surface area contributed by atoms with Crippen LogP contribution in [0.2, 0.25) is 0 Å². The highest BCUT2D eigenvalue weighted by Gasteiger charge is 2.24. The van der Waals surface area contributed by atoms with Crippen molar-refractivity contribution in [1.82, 2.24) is 10.6 Å². The third-order valence-corrected chi connectivity index (χ3v) is 5.00. The molecule has 1 saturated carbocycles. The van der Waals surface area contributed by atoms with Gasteiger partial charge in [-0.2, -0.15) is 0 Å². The Kier molecular flexibility index (Phi) is 5.68. The molecular weight excluding hydrogens is 236 g/mol. The van der Waals surface area contributed by atoms with Crippen molar-refractivity contribution in [1.29, 1.82) is 0 Å². The summed E-state index contributed by atoms with van der Waals surface area (Å²) in [7, 11) is 0. The van der Waals surface area contributed by atoms with Crippen molar-refractivity contribution in [2.24, 2.45) is 17.8 Å². The first kappa shape index (κ1) is 14.8. The standard InChI is InChI=1S/C16H30N2O/c1-12-4-3-5-15(10-12)18-16(19)11-13(2)14-6-8-17-9-7-14/h12-15,17H,3-11H2,1-2H3,(H,18,19). The maximum absolute atomic E-state index is 12.1. The number of nitrogens with one attached hydrogen (secondary N) is 2. The van der Waals surface area contributed by atoms with Crippen LogP contribution in [0.3, 0.4) is 0 Å². The Bertz CT molecular complexity index is 286. The van der Waals surface area contributed by atoms with E-state index in [0.29, 0.717) is 12.0 Å². The van der Waals surface area contributed by atoms with Gasteiger partial charge in [-0.15, -0.1) is 0 Å². The third kappa shape index (κ3) is 4.79.